The van der Waals surface area contributed by atoms with E-state index in [0.29, 0.717) is 10.8 Å². The van der Waals surface area contributed by atoms with Gasteiger partial charge in [-0.15, -0.1) is 11.8 Å². The summed E-state index contributed by atoms with van der Waals surface area (Å²) in [5, 5.41) is 0.637. The molecule has 0 atom stereocenters. The van der Waals surface area contributed by atoms with Crippen molar-refractivity contribution in [2.45, 2.75) is 10.6 Å². The van der Waals surface area contributed by atoms with Gasteiger partial charge in [0.2, 0.25) is 0 Å². The predicted molar refractivity (Wildman–Crippen MR) is 66.4 cm³/mol. The third-order valence-corrected chi connectivity index (χ3v) is 3.63. The lowest BCUT2D eigenvalue weighted by Gasteiger charge is -2.04. The minimum Gasteiger partial charge on any atom is -0.397 e. The minimum absolute atomic E-state index is 0.637. The lowest BCUT2D eigenvalue weighted by molar-refractivity contribution is 0.850. The minimum atomic E-state index is 0.637. The van der Waals surface area contributed by atoms with E-state index in [1.807, 2.05) is 17.7 Å². The molecule has 0 amide bonds. The summed E-state index contributed by atoms with van der Waals surface area (Å²) in [6.45, 7) is 0. The normalized spacial score (nSPS) is 10.6. The summed E-state index contributed by atoms with van der Waals surface area (Å²) >= 11 is 7.52. The van der Waals surface area contributed by atoms with Gasteiger partial charge in [0.1, 0.15) is 11.0 Å². The number of halogens is 1. The van der Waals surface area contributed by atoms with Crippen LogP contribution in [0.3, 0.4) is 0 Å². The van der Waals surface area contributed by atoms with Gasteiger partial charge in [0, 0.05) is 18.1 Å². The third-order valence-electron chi connectivity index (χ3n) is 2.19. The van der Waals surface area contributed by atoms with Crippen LogP contribution in [-0.2, 0) is 12.8 Å². The number of imidazole rings is 1. The molecule has 2 N–H and O–H groups in total. The van der Waals surface area contributed by atoms with Crippen LogP contribution in [0.25, 0.3) is 0 Å². The number of hydrogen-bond acceptors (Lipinski definition) is 4. The molecule has 0 fully saturated rings. The van der Waals surface area contributed by atoms with E-state index in [9.17, 15) is 0 Å². The predicted octanol–water partition coefficient (Wildman–Crippen LogP) is 2.34. The fourth-order valence-electron chi connectivity index (χ4n) is 1.23. The number of hydrogen-bond donors (Lipinski definition) is 1. The van der Waals surface area contributed by atoms with E-state index in [1.54, 1.807) is 30.4 Å². The molecule has 2 rings (SSSR count). The molecule has 16 heavy (non-hydrogen) atoms. The molecule has 4 nitrogen and oxygen atoms in total. The van der Waals surface area contributed by atoms with E-state index < -0.39 is 0 Å². The average molecular weight is 255 g/mol. The van der Waals surface area contributed by atoms with Crippen molar-refractivity contribution in [1.29, 1.82) is 0 Å². The maximum absolute atomic E-state index is 5.90. The number of pyridine rings is 1. The zero-order valence-electron chi connectivity index (χ0n) is 8.72. The molecule has 2 aromatic heterocycles. The van der Waals surface area contributed by atoms with Crippen LogP contribution in [0.1, 0.15) is 5.82 Å². The number of nitrogens with zero attached hydrogens (tertiary/aromatic N) is 3. The molecule has 0 radical (unpaired) electrons. The molecule has 6 heteroatoms. The van der Waals surface area contributed by atoms with E-state index in [4.69, 9.17) is 17.3 Å². The number of aromatic nitrogens is 3. The van der Waals surface area contributed by atoms with Crippen molar-refractivity contribution < 1.29 is 0 Å². The smallest absolute Gasteiger partial charge is 0.128 e. The van der Waals surface area contributed by atoms with Crippen LogP contribution in [-0.4, -0.2) is 14.5 Å². The summed E-state index contributed by atoms with van der Waals surface area (Å²) in [4.78, 5) is 9.16. The fraction of sp³-hybridized carbons (Fsp3) is 0.200. The Kier molecular flexibility index (Phi) is 3.36. The van der Waals surface area contributed by atoms with Crippen molar-refractivity contribution in [3.05, 3.63) is 35.6 Å². The van der Waals surface area contributed by atoms with Gasteiger partial charge in [-0.2, -0.15) is 0 Å². The highest BCUT2D eigenvalue weighted by Gasteiger charge is 2.06. The quantitative estimate of drug-likeness (QED) is 0.855. The Bertz CT molecular complexity index is 497. The highest BCUT2D eigenvalue weighted by Crippen LogP contribution is 2.27. The van der Waals surface area contributed by atoms with Crippen molar-refractivity contribution >= 4 is 29.1 Å². The Morgan fingerprint density at radius 1 is 1.50 bits per heavy atom. The molecule has 0 spiro atoms. The lowest BCUT2D eigenvalue weighted by atomic mass is 10.4. The molecule has 0 aliphatic rings. The Labute approximate surface area is 103 Å². The standard InChI is InChI=1S/C10H11ClN4S/c1-15-9(11)5-14-10(15)6-16-8-2-3-13-4-7(8)12/h2-5H,6,12H2,1H3. The number of rotatable bonds is 3. The molecule has 0 aliphatic carbocycles. The van der Waals surface area contributed by atoms with Crippen molar-refractivity contribution in [1.82, 2.24) is 14.5 Å². The van der Waals surface area contributed by atoms with E-state index in [0.717, 1.165) is 16.5 Å². The van der Waals surface area contributed by atoms with Crippen LogP contribution in [0.15, 0.2) is 29.6 Å². The second kappa shape index (κ2) is 4.76. The van der Waals surface area contributed by atoms with E-state index in [-0.39, 0.29) is 0 Å². The lowest BCUT2D eigenvalue weighted by Crippen LogP contribution is -1.96. The molecule has 2 heterocycles. The van der Waals surface area contributed by atoms with Crippen LogP contribution in [0, 0.1) is 0 Å². The van der Waals surface area contributed by atoms with Crippen molar-refractivity contribution in [2.24, 2.45) is 7.05 Å². The van der Waals surface area contributed by atoms with Crippen LogP contribution in [0.4, 0.5) is 5.69 Å². The summed E-state index contributed by atoms with van der Waals surface area (Å²) in [5.41, 5.74) is 6.48. The van der Waals surface area contributed by atoms with Gasteiger partial charge < -0.3 is 10.3 Å². The van der Waals surface area contributed by atoms with Gasteiger partial charge in [0.15, 0.2) is 0 Å². The molecule has 0 aromatic carbocycles. The zero-order chi connectivity index (χ0) is 11.5. The van der Waals surface area contributed by atoms with Crippen LogP contribution < -0.4 is 5.73 Å². The highest BCUT2D eigenvalue weighted by molar-refractivity contribution is 7.98. The van der Waals surface area contributed by atoms with Crippen molar-refractivity contribution in [3.8, 4) is 0 Å². The molecule has 84 valence electrons. The molecular formula is C10H11ClN4S. The Morgan fingerprint density at radius 2 is 2.31 bits per heavy atom. The highest BCUT2D eigenvalue weighted by atomic mass is 35.5. The Hall–Kier alpha value is -1.20. The van der Waals surface area contributed by atoms with E-state index >= 15 is 0 Å². The van der Waals surface area contributed by atoms with Gasteiger partial charge in [-0.05, 0) is 6.07 Å². The molecule has 0 unspecified atom stereocenters. The monoisotopic (exact) mass is 254 g/mol. The summed E-state index contributed by atoms with van der Waals surface area (Å²) in [5.74, 6) is 1.66. The molecule has 0 saturated carbocycles. The van der Waals surface area contributed by atoms with E-state index in [1.165, 1.54) is 0 Å². The summed E-state index contributed by atoms with van der Waals surface area (Å²) in [6.07, 6.45) is 5.02. The summed E-state index contributed by atoms with van der Waals surface area (Å²) in [6, 6.07) is 1.89. The largest absolute Gasteiger partial charge is 0.397 e. The first-order valence-corrected chi connectivity index (χ1v) is 6.03. The first-order chi connectivity index (χ1) is 7.68. The van der Waals surface area contributed by atoms with E-state index in [2.05, 4.69) is 9.97 Å². The second-order valence-corrected chi connectivity index (χ2v) is 4.66. The summed E-state index contributed by atoms with van der Waals surface area (Å²) < 4.78 is 1.85. The van der Waals surface area contributed by atoms with Crippen molar-refractivity contribution in [3.63, 3.8) is 0 Å². The van der Waals surface area contributed by atoms with Gasteiger partial charge in [0.05, 0.1) is 23.8 Å². The number of anilines is 1. The Morgan fingerprint density at radius 3 is 2.94 bits per heavy atom. The third kappa shape index (κ3) is 2.31. The maximum Gasteiger partial charge on any atom is 0.128 e. The van der Waals surface area contributed by atoms with Crippen LogP contribution in [0.2, 0.25) is 5.15 Å². The first-order valence-electron chi connectivity index (χ1n) is 4.67. The number of nitrogen functional groups attached to an aromatic ring is 1. The van der Waals surface area contributed by atoms with Gasteiger partial charge in [-0.3, -0.25) is 4.98 Å². The van der Waals surface area contributed by atoms with Gasteiger partial charge >= 0.3 is 0 Å². The topological polar surface area (TPSA) is 56.7 Å². The van der Waals surface area contributed by atoms with Gasteiger partial charge in [0.25, 0.3) is 0 Å². The average Bonchev–Trinajstić information content (AvgIpc) is 2.59. The first kappa shape index (κ1) is 11.3. The molecule has 0 bridgehead atoms. The fourth-order valence-corrected chi connectivity index (χ4v) is 2.30. The number of nitrogens with two attached hydrogens (primary N) is 1. The Balaban J connectivity index is 2.08. The summed E-state index contributed by atoms with van der Waals surface area (Å²) in [7, 11) is 1.89. The molecule has 0 saturated heterocycles. The zero-order valence-corrected chi connectivity index (χ0v) is 10.3. The maximum atomic E-state index is 5.90. The molecule has 2 aromatic rings. The molecular weight excluding hydrogens is 244 g/mol. The SMILES string of the molecule is Cn1c(Cl)cnc1CSc1ccncc1N. The second-order valence-electron chi connectivity index (χ2n) is 3.26. The van der Waals surface area contributed by atoms with Gasteiger partial charge in [-0.25, -0.2) is 4.98 Å². The molecule has 0 aliphatic heterocycles. The van der Waals surface area contributed by atoms with Gasteiger partial charge in [-0.1, -0.05) is 11.6 Å². The van der Waals surface area contributed by atoms with Crippen LogP contribution >= 0.6 is 23.4 Å². The number of thioether (sulfide) groups is 1. The van der Waals surface area contributed by atoms with Crippen molar-refractivity contribution in [2.75, 3.05) is 5.73 Å². The van der Waals surface area contributed by atoms with Crippen LogP contribution in [0.5, 0.6) is 0 Å².